The molecular weight excluding hydrogens is 354 g/mol. The molecule has 1 fully saturated rings. The van der Waals surface area contributed by atoms with E-state index >= 15 is 0 Å². The Hall–Kier alpha value is -3.35. The summed E-state index contributed by atoms with van der Waals surface area (Å²) >= 11 is 0. The highest BCUT2D eigenvalue weighted by atomic mass is 16.3. The summed E-state index contributed by atoms with van der Waals surface area (Å²) in [5.74, 6) is 1.59. The number of anilines is 2. The Morgan fingerprint density at radius 1 is 1.00 bits per heavy atom. The van der Waals surface area contributed by atoms with Crippen molar-refractivity contribution in [2.45, 2.75) is 0 Å². The quantitative estimate of drug-likeness (QED) is 0.697. The predicted octanol–water partition coefficient (Wildman–Crippen LogP) is 2.77. The zero-order valence-electron chi connectivity index (χ0n) is 16.1. The van der Waals surface area contributed by atoms with Crippen molar-refractivity contribution < 1.29 is 9.21 Å². The Balaban J connectivity index is 1.39. The van der Waals surface area contributed by atoms with Gasteiger partial charge < -0.3 is 19.1 Å². The number of aromatic nitrogens is 2. The second kappa shape index (κ2) is 7.72. The first-order valence-electron chi connectivity index (χ1n) is 9.31. The molecule has 2 aromatic heterocycles. The molecule has 3 heterocycles. The summed E-state index contributed by atoms with van der Waals surface area (Å²) in [6, 6.07) is 15.3. The zero-order chi connectivity index (χ0) is 19.5. The molecule has 1 aliphatic heterocycles. The van der Waals surface area contributed by atoms with Crippen LogP contribution >= 0.6 is 0 Å². The second-order valence-electron chi connectivity index (χ2n) is 6.98. The zero-order valence-corrected chi connectivity index (χ0v) is 16.1. The largest absolute Gasteiger partial charge is 0.463 e. The lowest BCUT2D eigenvalue weighted by atomic mass is 10.1. The molecule has 0 atom stereocenters. The van der Waals surface area contributed by atoms with Gasteiger partial charge in [0, 0.05) is 51.5 Å². The van der Waals surface area contributed by atoms with Gasteiger partial charge in [0.1, 0.15) is 5.69 Å². The SMILES string of the molecule is CN(C)c1cccc(C(=O)N2CCN(c3ccc(-c4ccco4)nn3)CC2)c1. The topological polar surface area (TPSA) is 65.7 Å². The van der Waals surface area contributed by atoms with Gasteiger partial charge in [-0.3, -0.25) is 4.79 Å². The van der Waals surface area contributed by atoms with Crippen molar-refractivity contribution in [1.29, 1.82) is 0 Å². The maximum atomic E-state index is 12.8. The monoisotopic (exact) mass is 377 g/mol. The molecule has 0 bridgehead atoms. The van der Waals surface area contributed by atoms with E-state index in [1.54, 1.807) is 6.26 Å². The number of rotatable bonds is 4. The Labute approximate surface area is 164 Å². The van der Waals surface area contributed by atoms with Gasteiger partial charge in [-0.05, 0) is 42.5 Å². The van der Waals surface area contributed by atoms with Crippen molar-refractivity contribution in [1.82, 2.24) is 15.1 Å². The standard InChI is InChI=1S/C21H23N5O2/c1-24(2)17-6-3-5-16(15-17)21(27)26-12-10-25(11-13-26)20-9-8-18(22-23-20)19-7-4-14-28-19/h3-9,14-15H,10-13H2,1-2H3. The third-order valence-corrected chi connectivity index (χ3v) is 4.92. The van der Waals surface area contributed by atoms with Crippen LogP contribution in [0.15, 0.2) is 59.2 Å². The van der Waals surface area contributed by atoms with E-state index in [9.17, 15) is 4.79 Å². The van der Waals surface area contributed by atoms with Crippen molar-refractivity contribution in [2.24, 2.45) is 0 Å². The van der Waals surface area contributed by atoms with Crippen LogP contribution in [0, 0.1) is 0 Å². The number of amides is 1. The molecule has 3 aromatic rings. The Bertz CT molecular complexity index is 930. The van der Waals surface area contributed by atoms with Gasteiger partial charge in [0.05, 0.1) is 6.26 Å². The van der Waals surface area contributed by atoms with E-state index in [1.165, 1.54) is 0 Å². The minimum Gasteiger partial charge on any atom is -0.463 e. The van der Waals surface area contributed by atoms with Crippen molar-refractivity contribution in [3.8, 4) is 11.5 Å². The molecule has 7 nitrogen and oxygen atoms in total. The predicted molar refractivity (Wildman–Crippen MR) is 109 cm³/mol. The second-order valence-corrected chi connectivity index (χ2v) is 6.98. The van der Waals surface area contributed by atoms with Crippen LogP contribution < -0.4 is 9.80 Å². The number of hydrogen-bond acceptors (Lipinski definition) is 6. The molecular formula is C21H23N5O2. The van der Waals surface area contributed by atoms with E-state index in [1.807, 2.05) is 72.4 Å². The first-order valence-corrected chi connectivity index (χ1v) is 9.31. The lowest BCUT2D eigenvalue weighted by Gasteiger charge is -2.35. The average Bonchev–Trinajstić information content (AvgIpc) is 3.28. The number of carbonyl (C=O) groups excluding carboxylic acids is 1. The maximum absolute atomic E-state index is 12.8. The Kier molecular flexibility index (Phi) is 4.97. The number of piperazine rings is 1. The van der Waals surface area contributed by atoms with Gasteiger partial charge in [0.2, 0.25) is 0 Å². The fraction of sp³-hybridized carbons (Fsp3) is 0.286. The highest BCUT2D eigenvalue weighted by molar-refractivity contribution is 5.95. The van der Waals surface area contributed by atoms with Crippen LogP contribution in [-0.2, 0) is 0 Å². The van der Waals surface area contributed by atoms with Gasteiger partial charge in [-0.15, -0.1) is 10.2 Å². The molecule has 0 spiro atoms. The minimum atomic E-state index is 0.0719. The average molecular weight is 377 g/mol. The van der Waals surface area contributed by atoms with Crippen LogP contribution in [0.25, 0.3) is 11.5 Å². The van der Waals surface area contributed by atoms with E-state index in [-0.39, 0.29) is 5.91 Å². The Morgan fingerprint density at radius 3 is 2.46 bits per heavy atom. The minimum absolute atomic E-state index is 0.0719. The highest BCUT2D eigenvalue weighted by Crippen LogP contribution is 2.20. The van der Waals surface area contributed by atoms with Gasteiger partial charge >= 0.3 is 0 Å². The molecule has 0 N–H and O–H groups in total. The molecule has 1 saturated heterocycles. The third kappa shape index (κ3) is 3.69. The lowest BCUT2D eigenvalue weighted by molar-refractivity contribution is 0.0746. The normalized spacial score (nSPS) is 14.2. The van der Waals surface area contributed by atoms with Crippen molar-refractivity contribution in [3.05, 3.63) is 60.4 Å². The molecule has 0 radical (unpaired) electrons. The van der Waals surface area contributed by atoms with Crippen LogP contribution in [0.2, 0.25) is 0 Å². The molecule has 144 valence electrons. The molecule has 0 aliphatic carbocycles. The maximum Gasteiger partial charge on any atom is 0.254 e. The number of benzene rings is 1. The van der Waals surface area contributed by atoms with Gasteiger partial charge in [0.15, 0.2) is 11.6 Å². The number of carbonyl (C=O) groups is 1. The first kappa shape index (κ1) is 18.0. The fourth-order valence-electron chi connectivity index (χ4n) is 3.29. The smallest absolute Gasteiger partial charge is 0.254 e. The molecule has 1 amide bonds. The van der Waals surface area contributed by atoms with E-state index in [2.05, 4.69) is 15.1 Å². The number of hydrogen-bond donors (Lipinski definition) is 0. The van der Waals surface area contributed by atoms with E-state index in [4.69, 9.17) is 4.42 Å². The van der Waals surface area contributed by atoms with E-state index in [0.29, 0.717) is 24.5 Å². The summed E-state index contributed by atoms with van der Waals surface area (Å²) in [6.45, 7) is 2.78. The summed E-state index contributed by atoms with van der Waals surface area (Å²) in [5, 5.41) is 8.58. The van der Waals surface area contributed by atoms with Gasteiger partial charge in [-0.1, -0.05) is 6.07 Å². The molecule has 28 heavy (non-hydrogen) atoms. The molecule has 1 aromatic carbocycles. The van der Waals surface area contributed by atoms with Gasteiger partial charge in [-0.2, -0.15) is 0 Å². The van der Waals surface area contributed by atoms with Crippen molar-refractivity contribution in [3.63, 3.8) is 0 Å². The molecule has 0 unspecified atom stereocenters. The van der Waals surface area contributed by atoms with Crippen LogP contribution in [-0.4, -0.2) is 61.3 Å². The number of nitrogens with zero attached hydrogens (tertiary/aromatic N) is 5. The number of furan rings is 1. The van der Waals surface area contributed by atoms with Crippen LogP contribution in [0.1, 0.15) is 10.4 Å². The summed E-state index contributed by atoms with van der Waals surface area (Å²) in [5.41, 5.74) is 2.46. The molecule has 4 rings (SSSR count). The summed E-state index contributed by atoms with van der Waals surface area (Å²) in [4.78, 5) is 18.9. The van der Waals surface area contributed by atoms with E-state index < -0.39 is 0 Å². The third-order valence-electron chi connectivity index (χ3n) is 4.92. The summed E-state index contributed by atoms with van der Waals surface area (Å²) in [7, 11) is 3.95. The van der Waals surface area contributed by atoms with Crippen molar-refractivity contribution >= 4 is 17.4 Å². The first-order chi connectivity index (χ1) is 13.6. The van der Waals surface area contributed by atoms with Crippen LogP contribution in [0.4, 0.5) is 11.5 Å². The summed E-state index contributed by atoms with van der Waals surface area (Å²) in [6.07, 6.45) is 1.62. The van der Waals surface area contributed by atoms with E-state index in [0.717, 1.165) is 30.2 Å². The molecule has 1 aliphatic rings. The molecule has 7 heteroatoms. The highest BCUT2D eigenvalue weighted by Gasteiger charge is 2.23. The Morgan fingerprint density at radius 2 is 1.82 bits per heavy atom. The lowest BCUT2D eigenvalue weighted by Crippen LogP contribution is -2.49. The van der Waals surface area contributed by atoms with Crippen LogP contribution in [0.5, 0.6) is 0 Å². The van der Waals surface area contributed by atoms with Crippen LogP contribution in [0.3, 0.4) is 0 Å². The van der Waals surface area contributed by atoms with Gasteiger partial charge in [0.25, 0.3) is 5.91 Å². The molecule has 0 saturated carbocycles. The van der Waals surface area contributed by atoms with Gasteiger partial charge in [-0.25, -0.2) is 0 Å². The van der Waals surface area contributed by atoms with Crippen molar-refractivity contribution in [2.75, 3.05) is 50.1 Å². The fourth-order valence-corrected chi connectivity index (χ4v) is 3.29. The summed E-state index contributed by atoms with van der Waals surface area (Å²) < 4.78 is 5.35.